The third-order valence-corrected chi connectivity index (χ3v) is 2.03. The van der Waals surface area contributed by atoms with Gasteiger partial charge in [0.1, 0.15) is 0 Å². The zero-order chi connectivity index (χ0) is 12.1. The van der Waals surface area contributed by atoms with Crippen LogP contribution in [-0.4, -0.2) is 17.0 Å². The van der Waals surface area contributed by atoms with Crippen molar-refractivity contribution in [3.63, 3.8) is 0 Å². The van der Waals surface area contributed by atoms with E-state index >= 15 is 0 Å². The predicted molar refractivity (Wildman–Crippen MR) is 60.2 cm³/mol. The van der Waals surface area contributed by atoms with Crippen molar-refractivity contribution in [2.75, 3.05) is 5.32 Å². The highest BCUT2D eigenvalue weighted by Gasteiger charge is 2.13. The molecule has 0 atom stereocenters. The van der Waals surface area contributed by atoms with Crippen LogP contribution in [0.15, 0.2) is 18.2 Å². The Morgan fingerprint density at radius 3 is 2.75 bits per heavy atom. The van der Waals surface area contributed by atoms with Crippen molar-refractivity contribution in [3.8, 4) is 12.3 Å². The van der Waals surface area contributed by atoms with Crippen LogP contribution in [0, 0.1) is 19.3 Å². The average Bonchev–Trinajstić information content (AvgIpc) is 2.21. The van der Waals surface area contributed by atoms with Gasteiger partial charge in [-0.1, -0.05) is 18.1 Å². The monoisotopic (exact) mass is 217 g/mol. The van der Waals surface area contributed by atoms with E-state index in [4.69, 9.17) is 11.5 Å². The molecular weight excluding hydrogens is 206 g/mol. The number of carboxylic acid groups (broad SMARTS) is 1. The molecule has 0 heterocycles. The third-order valence-electron chi connectivity index (χ3n) is 2.03. The predicted octanol–water partition coefficient (Wildman–Crippen LogP) is 1.66. The largest absolute Gasteiger partial charge is 0.478 e. The smallest absolute Gasteiger partial charge is 0.337 e. The van der Waals surface area contributed by atoms with Crippen LogP contribution in [-0.2, 0) is 4.79 Å². The molecule has 0 radical (unpaired) electrons. The van der Waals surface area contributed by atoms with E-state index in [1.54, 1.807) is 19.1 Å². The molecule has 4 nitrogen and oxygen atoms in total. The van der Waals surface area contributed by atoms with Crippen molar-refractivity contribution >= 4 is 17.6 Å². The van der Waals surface area contributed by atoms with E-state index in [1.807, 2.05) is 0 Å². The molecule has 1 rings (SSSR count). The number of para-hydroxylation sites is 1. The quantitative estimate of drug-likeness (QED) is 0.756. The second-order valence-corrected chi connectivity index (χ2v) is 3.23. The minimum Gasteiger partial charge on any atom is -0.478 e. The van der Waals surface area contributed by atoms with Crippen molar-refractivity contribution < 1.29 is 14.7 Å². The Labute approximate surface area is 93.3 Å². The van der Waals surface area contributed by atoms with Gasteiger partial charge in [0, 0.05) is 0 Å². The molecule has 4 heteroatoms. The van der Waals surface area contributed by atoms with Crippen molar-refractivity contribution in [1.29, 1.82) is 0 Å². The third kappa shape index (κ3) is 2.61. The fourth-order valence-electron chi connectivity index (χ4n) is 1.29. The van der Waals surface area contributed by atoms with Gasteiger partial charge in [0.15, 0.2) is 0 Å². The number of aryl methyl sites for hydroxylation is 1. The van der Waals surface area contributed by atoms with Crippen LogP contribution in [0.3, 0.4) is 0 Å². The summed E-state index contributed by atoms with van der Waals surface area (Å²) in [6, 6.07) is 4.77. The number of carboxylic acids is 1. The lowest BCUT2D eigenvalue weighted by Gasteiger charge is -2.10. The second kappa shape index (κ2) is 4.99. The van der Waals surface area contributed by atoms with Gasteiger partial charge in [-0.3, -0.25) is 4.79 Å². The van der Waals surface area contributed by atoms with Crippen LogP contribution in [0.2, 0.25) is 0 Å². The zero-order valence-corrected chi connectivity index (χ0v) is 8.78. The van der Waals surface area contributed by atoms with Crippen LogP contribution in [0.1, 0.15) is 22.3 Å². The number of rotatable bonds is 3. The summed E-state index contributed by atoms with van der Waals surface area (Å²) in [5.41, 5.74) is 1.05. The van der Waals surface area contributed by atoms with Crippen LogP contribution in [0.4, 0.5) is 5.69 Å². The maximum Gasteiger partial charge on any atom is 0.337 e. The minimum absolute atomic E-state index is 0.0605. The number of carbonyl (C=O) groups excluding carboxylic acids is 1. The normalized spacial score (nSPS) is 9.25. The number of benzene rings is 1. The molecule has 0 aliphatic heterocycles. The van der Waals surface area contributed by atoms with Crippen molar-refractivity contribution in [2.24, 2.45) is 0 Å². The molecule has 0 aliphatic carbocycles. The molecule has 0 fully saturated rings. The first-order valence-corrected chi connectivity index (χ1v) is 4.62. The van der Waals surface area contributed by atoms with Crippen molar-refractivity contribution in [3.05, 3.63) is 29.3 Å². The SMILES string of the molecule is C#CCC(=O)Nc1c(C)cccc1C(=O)O. The fraction of sp³-hybridized carbons (Fsp3) is 0.167. The van der Waals surface area contributed by atoms with Gasteiger partial charge in [0.25, 0.3) is 0 Å². The number of hydrogen-bond acceptors (Lipinski definition) is 2. The summed E-state index contributed by atoms with van der Waals surface area (Å²) in [5, 5.41) is 11.4. The van der Waals surface area contributed by atoms with Gasteiger partial charge < -0.3 is 10.4 Å². The highest BCUT2D eigenvalue weighted by Crippen LogP contribution is 2.20. The molecule has 0 unspecified atom stereocenters. The van der Waals surface area contributed by atoms with Gasteiger partial charge in [0.2, 0.25) is 5.91 Å². The van der Waals surface area contributed by atoms with E-state index in [-0.39, 0.29) is 17.9 Å². The summed E-state index contributed by atoms with van der Waals surface area (Å²) in [5.74, 6) is 0.723. The summed E-state index contributed by atoms with van der Waals surface area (Å²) < 4.78 is 0. The first kappa shape index (κ1) is 11.8. The highest BCUT2D eigenvalue weighted by molar-refractivity contribution is 6.01. The Hall–Kier alpha value is -2.28. The van der Waals surface area contributed by atoms with Crippen LogP contribution in [0.5, 0.6) is 0 Å². The summed E-state index contributed by atoms with van der Waals surface area (Å²) in [4.78, 5) is 22.2. The maximum absolute atomic E-state index is 11.3. The number of aromatic carboxylic acids is 1. The van der Waals surface area contributed by atoms with Gasteiger partial charge in [-0.05, 0) is 18.6 Å². The standard InChI is InChI=1S/C12H11NO3/c1-3-5-10(14)13-11-8(2)6-4-7-9(11)12(15)16/h1,4,6-7H,5H2,2H3,(H,13,14)(H,15,16). The molecule has 0 bridgehead atoms. The molecule has 0 saturated carbocycles. The number of nitrogens with one attached hydrogen (secondary N) is 1. The number of terminal acetylenes is 1. The lowest BCUT2D eigenvalue weighted by Crippen LogP contribution is -2.14. The summed E-state index contributed by atoms with van der Waals surface area (Å²) in [6.07, 6.45) is 4.92. The van der Waals surface area contributed by atoms with Crippen LogP contribution < -0.4 is 5.32 Å². The van der Waals surface area contributed by atoms with Crippen molar-refractivity contribution in [1.82, 2.24) is 0 Å². The average molecular weight is 217 g/mol. The van der Waals surface area contributed by atoms with E-state index < -0.39 is 5.97 Å². The molecule has 0 aliphatic rings. The molecule has 2 N–H and O–H groups in total. The first-order chi connectivity index (χ1) is 7.56. The molecule has 1 aromatic rings. The highest BCUT2D eigenvalue weighted by atomic mass is 16.4. The summed E-state index contributed by atoms with van der Waals surface area (Å²) >= 11 is 0. The molecule has 16 heavy (non-hydrogen) atoms. The van der Waals surface area contributed by atoms with E-state index in [1.165, 1.54) is 6.07 Å². The summed E-state index contributed by atoms with van der Waals surface area (Å²) in [7, 11) is 0. The van der Waals surface area contributed by atoms with Gasteiger partial charge >= 0.3 is 5.97 Å². The molecular formula is C12H11NO3. The number of amides is 1. The Balaban J connectivity index is 3.07. The van der Waals surface area contributed by atoms with Crippen LogP contribution in [0.25, 0.3) is 0 Å². The number of carbonyl (C=O) groups is 2. The number of hydrogen-bond donors (Lipinski definition) is 2. The molecule has 0 aromatic heterocycles. The minimum atomic E-state index is -1.08. The van der Waals surface area contributed by atoms with E-state index in [2.05, 4.69) is 11.2 Å². The Bertz CT molecular complexity index is 472. The number of anilines is 1. The Morgan fingerprint density at radius 1 is 1.50 bits per heavy atom. The molecule has 82 valence electrons. The lowest BCUT2D eigenvalue weighted by atomic mass is 10.1. The fourth-order valence-corrected chi connectivity index (χ4v) is 1.29. The van der Waals surface area contributed by atoms with E-state index in [9.17, 15) is 9.59 Å². The molecule has 0 saturated heterocycles. The second-order valence-electron chi connectivity index (χ2n) is 3.23. The van der Waals surface area contributed by atoms with Gasteiger partial charge in [-0.2, -0.15) is 0 Å². The lowest BCUT2D eigenvalue weighted by molar-refractivity contribution is -0.115. The summed E-state index contributed by atoms with van der Waals surface area (Å²) in [6.45, 7) is 1.72. The van der Waals surface area contributed by atoms with Gasteiger partial charge in [-0.25, -0.2) is 4.79 Å². The topological polar surface area (TPSA) is 66.4 Å². The maximum atomic E-state index is 11.3. The van der Waals surface area contributed by atoms with Crippen LogP contribution >= 0.6 is 0 Å². The Kier molecular flexibility index (Phi) is 3.67. The van der Waals surface area contributed by atoms with E-state index in [0.29, 0.717) is 11.3 Å². The van der Waals surface area contributed by atoms with Gasteiger partial charge in [-0.15, -0.1) is 6.42 Å². The van der Waals surface area contributed by atoms with Crippen molar-refractivity contribution in [2.45, 2.75) is 13.3 Å². The molecule has 1 amide bonds. The zero-order valence-electron chi connectivity index (χ0n) is 8.78. The van der Waals surface area contributed by atoms with Gasteiger partial charge in [0.05, 0.1) is 17.7 Å². The Morgan fingerprint density at radius 2 is 2.19 bits per heavy atom. The molecule has 1 aromatic carbocycles. The van der Waals surface area contributed by atoms with E-state index in [0.717, 1.165) is 0 Å². The first-order valence-electron chi connectivity index (χ1n) is 4.62. The molecule has 0 spiro atoms.